The number of carbonyl (C=O) groups excluding carboxylic acids is 1. The number of benzene rings is 3. The number of halogens is 1. The monoisotopic (exact) mass is 443 g/mol. The van der Waals surface area contributed by atoms with Crippen molar-refractivity contribution >= 4 is 11.6 Å². The minimum Gasteiger partial charge on any atom is -0.472 e. The quantitative estimate of drug-likeness (QED) is 0.447. The first-order valence-electron chi connectivity index (χ1n) is 10.5. The summed E-state index contributed by atoms with van der Waals surface area (Å²) in [5.74, 6) is -0.384. The molecule has 0 aliphatic rings. The van der Waals surface area contributed by atoms with E-state index in [1.165, 1.54) is 34.5 Å². The molecule has 33 heavy (non-hydrogen) atoms. The summed E-state index contributed by atoms with van der Waals surface area (Å²) in [6.07, 6.45) is 0.931. The zero-order valence-corrected chi connectivity index (χ0v) is 18.0. The molecule has 0 fully saturated rings. The number of nitrogens with zero attached hydrogens (tertiary/aromatic N) is 2. The van der Waals surface area contributed by atoms with E-state index >= 15 is 0 Å². The molecule has 1 amide bonds. The number of aromatic nitrogens is 2. The summed E-state index contributed by atoms with van der Waals surface area (Å²) in [6, 6.07) is 23.1. The van der Waals surface area contributed by atoms with Gasteiger partial charge < -0.3 is 10.1 Å². The maximum atomic E-state index is 13.3. The Morgan fingerprint density at radius 1 is 0.970 bits per heavy atom. The lowest BCUT2D eigenvalue weighted by Crippen LogP contribution is -2.20. The van der Waals surface area contributed by atoms with Crippen LogP contribution in [0.15, 0.2) is 89.7 Å². The Labute approximate surface area is 190 Å². The molecule has 0 unspecified atom stereocenters. The normalized spacial score (nSPS) is 10.6. The van der Waals surface area contributed by atoms with Crippen LogP contribution in [0.5, 0.6) is 5.88 Å². The Bertz CT molecular complexity index is 1320. The molecule has 0 radical (unpaired) electrons. The van der Waals surface area contributed by atoms with Gasteiger partial charge in [-0.05, 0) is 66.1 Å². The molecular formula is C26H22FN3O3. The second-order valence-electron chi connectivity index (χ2n) is 7.39. The zero-order valence-electron chi connectivity index (χ0n) is 18.0. The highest BCUT2D eigenvalue weighted by Gasteiger charge is 2.09. The number of nitrogens with one attached hydrogen (secondary N) is 1. The standard InChI is InChI=1S/C26H22FN3O3/c1-2-18-6-10-22(11-7-18)28-26(32)20-8-12-23(13-9-20)30-25(31)15-14-24(29-30)33-17-19-4-3-5-21(27)16-19/h3-16H,2,17H2,1H3,(H,28,32). The molecule has 0 saturated carbocycles. The molecule has 1 heterocycles. The predicted molar refractivity (Wildman–Crippen MR) is 124 cm³/mol. The number of aryl methyl sites for hydroxylation is 1. The molecule has 3 aromatic carbocycles. The van der Waals surface area contributed by atoms with E-state index < -0.39 is 0 Å². The van der Waals surface area contributed by atoms with Gasteiger partial charge in [-0.15, -0.1) is 5.10 Å². The van der Waals surface area contributed by atoms with Gasteiger partial charge in [-0.2, -0.15) is 4.68 Å². The summed E-state index contributed by atoms with van der Waals surface area (Å²) >= 11 is 0. The van der Waals surface area contributed by atoms with Gasteiger partial charge in [-0.3, -0.25) is 9.59 Å². The van der Waals surface area contributed by atoms with Gasteiger partial charge in [-0.25, -0.2) is 4.39 Å². The lowest BCUT2D eigenvalue weighted by molar-refractivity contribution is 0.102. The number of hydrogen-bond donors (Lipinski definition) is 1. The third-order valence-electron chi connectivity index (χ3n) is 5.05. The van der Waals surface area contributed by atoms with Crippen LogP contribution in [0.3, 0.4) is 0 Å². The third kappa shape index (κ3) is 5.51. The first kappa shape index (κ1) is 22.0. The second-order valence-corrected chi connectivity index (χ2v) is 7.39. The highest BCUT2D eigenvalue weighted by molar-refractivity contribution is 6.04. The van der Waals surface area contributed by atoms with Crippen LogP contribution in [0.1, 0.15) is 28.4 Å². The van der Waals surface area contributed by atoms with E-state index in [1.807, 2.05) is 24.3 Å². The maximum Gasteiger partial charge on any atom is 0.271 e. The summed E-state index contributed by atoms with van der Waals surface area (Å²) < 4.78 is 20.1. The van der Waals surface area contributed by atoms with Crippen molar-refractivity contribution in [2.75, 3.05) is 5.32 Å². The SMILES string of the molecule is CCc1ccc(NC(=O)c2ccc(-n3nc(OCc4cccc(F)c4)ccc3=O)cc2)cc1. The highest BCUT2D eigenvalue weighted by atomic mass is 19.1. The average molecular weight is 443 g/mol. The van der Waals surface area contributed by atoms with E-state index in [-0.39, 0.29) is 29.8 Å². The van der Waals surface area contributed by atoms with Crippen molar-refractivity contribution in [2.24, 2.45) is 0 Å². The van der Waals surface area contributed by atoms with Gasteiger partial charge >= 0.3 is 0 Å². The molecule has 0 aliphatic heterocycles. The second kappa shape index (κ2) is 9.91. The highest BCUT2D eigenvalue weighted by Crippen LogP contribution is 2.14. The van der Waals surface area contributed by atoms with Crippen LogP contribution in [0.2, 0.25) is 0 Å². The number of hydrogen-bond acceptors (Lipinski definition) is 4. The topological polar surface area (TPSA) is 73.2 Å². The van der Waals surface area contributed by atoms with Crippen LogP contribution in [-0.2, 0) is 13.0 Å². The van der Waals surface area contributed by atoms with Gasteiger partial charge in [-0.1, -0.05) is 31.2 Å². The Balaban J connectivity index is 1.46. The number of carbonyl (C=O) groups is 1. The van der Waals surface area contributed by atoms with E-state index in [9.17, 15) is 14.0 Å². The Morgan fingerprint density at radius 2 is 1.73 bits per heavy atom. The summed E-state index contributed by atoms with van der Waals surface area (Å²) in [5, 5.41) is 7.08. The van der Waals surface area contributed by atoms with Gasteiger partial charge in [0.25, 0.3) is 11.5 Å². The average Bonchev–Trinajstić information content (AvgIpc) is 2.84. The fourth-order valence-corrected chi connectivity index (χ4v) is 3.22. The first-order valence-corrected chi connectivity index (χ1v) is 10.5. The van der Waals surface area contributed by atoms with E-state index in [0.717, 1.165) is 6.42 Å². The number of anilines is 1. The van der Waals surface area contributed by atoms with Gasteiger partial charge in [0.1, 0.15) is 12.4 Å². The number of amides is 1. The van der Waals surface area contributed by atoms with Crippen molar-refractivity contribution in [1.29, 1.82) is 0 Å². The number of rotatable bonds is 7. The van der Waals surface area contributed by atoms with Crippen LogP contribution < -0.4 is 15.6 Å². The predicted octanol–water partition coefficient (Wildman–Crippen LogP) is 4.77. The minimum atomic E-state index is -0.351. The van der Waals surface area contributed by atoms with Crippen molar-refractivity contribution in [2.45, 2.75) is 20.0 Å². The Morgan fingerprint density at radius 3 is 2.42 bits per heavy atom. The van der Waals surface area contributed by atoms with Gasteiger partial charge in [0.05, 0.1) is 5.69 Å². The smallest absolute Gasteiger partial charge is 0.271 e. The fraction of sp³-hybridized carbons (Fsp3) is 0.115. The largest absolute Gasteiger partial charge is 0.472 e. The fourth-order valence-electron chi connectivity index (χ4n) is 3.22. The van der Waals surface area contributed by atoms with Crippen molar-refractivity contribution < 1.29 is 13.9 Å². The van der Waals surface area contributed by atoms with Crippen molar-refractivity contribution in [3.63, 3.8) is 0 Å². The summed E-state index contributed by atoms with van der Waals surface area (Å²) in [6.45, 7) is 2.18. The summed E-state index contributed by atoms with van der Waals surface area (Å²) in [4.78, 5) is 24.9. The zero-order chi connectivity index (χ0) is 23.2. The van der Waals surface area contributed by atoms with Gasteiger partial charge in [0.2, 0.25) is 5.88 Å². The van der Waals surface area contributed by atoms with E-state index in [4.69, 9.17) is 4.74 Å². The van der Waals surface area contributed by atoms with E-state index in [1.54, 1.807) is 36.4 Å². The molecule has 0 saturated heterocycles. The van der Waals surface area contributed by atoms with E-state index in [2.05, 4.69) is 17.3 Å². The Kier molecular flexibility index (Phi) is 6.59. The molecule has 0 spiro atoms. The molecule has 6 nitrogen and oxygen atoms in total. The lowest BCUT2D eigenvalue weighted by atomic mass is 10.1. The number of ether oxygens (including phenoxy) is 1. The lowest BCUT2D eigenvalue weighted by Gasteiger charge is -2.10. The maximum absolute atomic E-state index is 13.3. The molecule has 4 aromatic rings. The van der Waals surface area contributed by atoms with Crippen molar-refractivity contribution in [1.82, 2.24) is 9.78 Å². The summed E-state index contributed by atoms with van der Waals surface area (Å²) in [7, 11) is 0. The van der Waals surface area contributed by atoms with Crippen molar-refractivity contribution in [3.8, 4) is 11.6 Å². The van der Waals surface area contributed by atoms with Crippen LogP contribution >= 0.6 is 0 Å². The molecule has 0 bridgehead atoms. The van der Waals surface area contributed by atoms with Crippen molar-refractivity contribution in [3.05, 3.63) is 118 Å². The molecule has 1 aromatic heterocycles. The van der Waals surface area contributed by atoms with Gasteiger partial charge in [0.15, 0.2) is 0 Å². The molecule has 1 N–H and O–H groups in total. The molecule has 166 valence electrons. The molecule has 7 heteroatoms. The van der Waals surface area contributed by atoms with Gasteiger partial charge in [0, 0.05) is 23.4 Å². The Hall–Kier alpha value is -4.26. The summed E-state index contributed by atoms with van der Waals surface area (Å²) in [5.41, 5.74) is 3.14. The molecule has 0 atom stereocenters. The van der Waals surface area contributed by atoms with Crippen LogP contribution in [0.4, 0.5) is 10.1 Å². The minimum absolute atomic E-state index is 0.112. The van der Waals surface area contributed by atoms with Crippen LogP contribution in [-0.4, -0.2) is 15.7 Å². The van der Waals surface area contributed by atoms with E-state index in [0.29, 0.717) is 22.5 Å². The first-order chi connectivity index (χ1) is 16.0. The molecule has 0 aliphatic carbocycles. The molecule has 4 rings (SSSR count). The third-order valence-corrected chi connectivity index (χ3v) is 5.05. The molecular weight excluding hydrogens is 421 g/mol. The van der Waals surface area contributed by atoms with Crippen LogP contribution in [0.25, 0.3) is 5.69 Å². The van der Waals surface area contributed by atoms with Crippen LogP contribution in [0, 0.1) is 5.82 Å².